The Kier molecular flexibility index (Phi) is 7.56. The standard InChI is InChI=1S/C28H32F3N7O2/c29-28(30,31)27-33-16-19(17-34-27)24(37-12-14-40-15-13-37)18-32-26(39)22-2-1-3-23-21(22)6-7-25(35-23)38-10-8-36(9-11-38)20-4-5-20/h1-3,6-7,16-17,20,24H,4-5,8-15,18H2,(H,32,39). The molecule has 1 unspecified atom stereocenters. The minimum Gasteiger partial charge on any atom is -0.379 e. The lowest BCUT2D eigenvalue weighted by molar-refractivity contribution is -0.145. The van der Waals surface area contributed by atoms with Crippen molar-refractivity contribution in [2.45, 2.75) is 31.1 Å². The third-order valence-electron chi connectivity index (χ3n) is 7.92. The molecule has 0 bridgehead atoms. The van der Waals surface area contributed by atoms with Crippen molar-refractivity contribution in [3.63, 3.8) is 0 Å². The largest absolute Gasteiger partial charge is 0.451 e. The first-order valence-corrected chi connectivity index (χ1v) is 13.7. The third kappa shape index (κ3) is 5.89. The van der Waals surface area contributed by atoms with Crippen molar-refractivity contribution >= 4 is 22.6 Å². The van der Waals surface area contributed by atoms with Crippen LogP contribution in [0.2, 0.25) is 0 Å². The number of morpholine rings is 1. The smallest absolute Gasteiger partial charge is 0.379 e. The number of benzene rings is 1. The maximum atomic E-state index is 13.4. The molecule has 0 radical (unpaired) electrons. The Labute approximate surface area is 230 Å². The molecule has 1 aromatic carbocycles. The Hall–Kier alpha value is -3.35. The molecule has 3 fully saturated rings. The lowest BCUT2D eigenvalue weighted by atomic mass is 10.1. The van der Waals surface area contributed by atoms with Crippen molar-refractivity contribution in [1.82, 2.24) is 30.1 Å². The van der Waals surface area contributed by atoms with E-state index in [4.69, 9.17) is 9.72 Å². The fraction of sp³-hybridized carbons (Fsp3) is 0.500. The number of halogens is 3. The molecule has 1 aliphatic carbocycles. The predicted octanol–water partition coefficient (Wildman–Crippen LogP) is 3.13. The van der Waals surface area contributed by atoms with Crippen LogP contribution in [0.25, 0.3) is 10.9 Å². The number of amides is 1. The first-order valence-electron chi connectivity index (χ1n) is 13.7. The van der Waals surface area contributed by atoms with Gasteiger partial charge in [0, 0.05) is 80.8 Å². The fourth-order valence-electron chi connectivity index (χ4n) is 5.56. The van der Waals surface area contributed by atoms with E-state index in [0.29, 0.717) is 37.4 Å². The molecule has 3 aliphatic rings. The van der Waals surface area contributed by atoms with Gasteiger partial charge in [-0.2, -0.15) is 13.2 Å². The summed E-state index contributed by atoms with van der Waals surface area (Å²) >= 11 is 0. The highest BCUT2D eigenvalue weighted by Crippen LogP contribution is 2.30. The highest BCUT2D eigenvalue weighted by Gasteiger charge is 2.35. The first kappa shape index (κ1) is 26.9. The van der Waals surface area contributed by atoms with E-state index >= 15 is 0 Å². The van der Waals surface area contributed by atoms with Crippen molar-refractivity contribution in [3.8, 4) is 0 Å². The maximum absolute atomic E-state index is 13.4. The number of piperazine rings is 1. The molecule has 1 N–H and O–H groups in total. The van der Waals surface area contributed by atoms with Gasteiger partial charge < -0.3 is 15.0 Å². The van der Waals surface area contributed by atoms with Gasteiger partial charge in [-0.25, -0.2) is 15.0 Å². The molecular weight excluding hydrogens is 523 g/mol. The molecule has 12 heteroatoms. The molecule has 1 atom stereocenters. The van der Waals surface area contributed by atoms with Gasteiger partial charge in [0.1, 0.15) is 5.82 Å². The van der Waals surface area contributed by atoms with Crippen LogP contribution >= 0.6 is 0 Å². The SMILES string of the molecule is O=C(NCC(c1cnc(C(F)(F)F)nc1)N1CCOCC1)c1cccc2nc(N3CCN(C4CC4)CC3)ccc12. The first-order chi connectivity index (χ1) is 19.4. The van der Waals surface area contributed by atoms with E-state index in [1.54, 1.807) is 6.07 Å². The molecule has 2 aromatic heterocycles. The summed E-state index contributed by atoms with van der Waals surface area (Å²) in [6.07, 6.45) is 0.384. The van der Waals surface area contributed by atoms with E-state index in [9.17, 15) is 18.0 Å². The zero-order valence-corrected chi connectivity index (χ0v) is 22.1. The summed E-state index contributed by atoms with van der Waals surface area (Å²) in [5.41, 5.74) is 1.75. The molecule has 212 valence electrons. The summed E-state index contributed by atoms with van der Waals surface area (Å²) in [6.45, 7) is 6.30. The number of nitrogens with one attached hydrogen (secondary N) is 1. The molecule has 2 saturated heterocycles. The number of ether oxygens (including phenoxy) is 1. The molecule has 9 nitrogen and oxygen atoms in total. The molecule has 2 aliphatic heterocycles. The van der Waals surface area contributed by atoms with Crippen LogP contribution in [0.4, 0.5) is 19.0 Å². The van der Waals surface area contributed by atoms with E-state index in [0.717, 1.165) is 48.9 Å². The van der Waals surface area contributed by atoms with Crippen molar-refractivity contribution < 1.29 is 22.7 Å². The number of aromatic nitrogens is 3. The number of anilines is 1. The topological polar surface area (TPSA) is 86.7 Å². The van der Waals surface area contributed by atoms with Crippen molar-refractivity contribution in [3.05, 3.63) is 59.7 Å². The summed E-state index contributed by atoms with van der Waals surface area (Å²) in [4.78, 5) is 32.2. The number of carbonyl (C=O) groups excluding carboxylic acids is 1. The highest BCUT2D eigenvalue weighted by atomic mass is 19.4. The Morgan fingerprint density at radius 3 is 2.40 bits per heavy atom. The van der Waals surface area contributed by atoms with Crippen LogP contribution in [0.3, 0.4) is 0 Å². The Morgan fingerprint density at radius 1 is 1.00 bits per heavy atom. The van der Waals surface area contributed by atoms with Crippen LogP contribution in [-0.4, -0.2) is 95.7 Å². The second-order valence-corrected chi connectivity index (χ2v) is 10.5. The van der Waals surface area contributed by atoms with Crippen molar-refractivity contribution in [1.29, 1.82) is 0 Å². The Bertz CT molecular complexity index is 1340. The number of rotatable bonds is 7. The summed E-state index contributed by atoms with van der Waals surface area (Å²) < 4.78 is 44.5. The number of carbonyl (C=O) groups is 1. The van der Waals surface area contributed by atoms with Gasteiger partial charge in [0.25, 0.3) is 5.91 Å². The average molecular weight is 556 g/mol. The Morgan fingerprint density at radius 2 is 1.73 bits per heavy atom. The van der Waals surface area contributed by atoms with Gasteiger partial charge in [0.2, 0.25) is 5.82 Å². The van der Waals surface area contributed by atoms with Gasteiger partial charge in [0.05, 0.1) is 24.8 Å². The van der Waals surface area contributed by atoms with Crippen LogP contribution in [0.15, 0.2) is 42.7 Å². The van der Waals surface area contributed by atoms with Crippen LogP contribution < -0.4 is 10.2 Å². The molecular formula is C28H32F3N7O2. The van der Waals surface area contributed by atoms with Gasteiger partial charge in [-0.3, -0.25) is 14.6 Å². The molecule has 0 spiro atoms. The van der Waals surface area contributed by atoms with E-state index in [1.165, 1.54) is 25.2 Å². The zero-order valence-electron chi connectivity index (χ0n) is 22.1. The minimum absolute atomic E-state index is 0.181. The normalized spacial score (nSPS) is 20.0. The number of fused-ring (bicyclic) bond motifs is 1. The van der Waals surface area contributed by atoms with E-state index in [2.05, 4.69) is 30.0 Å². The number of pyridine rings is 1. The van der Waals surface area contributed by atoms with Gasteiger partial charge in [0.15, 0.2) is 0 Å². The second-order valence-electron chi connectivity index (χ2n) is 10.5. The van der Waals surface area contributed by atoms with Crippen LogP contribution in [0.1, 0.15) is 40.6 Å². The minimum atomic E-state index is -4.62. The highest BCUT2D eigenvalue weighted by molar-refractivity contribution is 6.06. The quantitative estimate of drug-likeness (QED) is 0.476. The number of alkyl halides is 3. The monoisotopic (exact) mass is 555 g/mol. The van der Waals surface area contributed by atoms with Gasteiger partial charge >= 0.3 is 6.18 Å². The lowest BCUT2D eigenvalue weighted by Gasteiger charge is -2.35. The summed E-state index contributed by atoms with van der Waals surface area (Å²) in [5, 5.41) is 3.74. The van der Waals surface area contributed by atoms with Crippen LogP contribution in [-0.2, 0) is 10.9 Å². The summed E-state index contributed by atoms with van der Waals surface area (Å²) in [7, 11) is 0. The van der Waals surface area contributed by atoms with Crippen molar-refractivity contribution in [2.24, 2.45) is 0 Å². The van der Waals surface area contributed by atoms with Gasteiger partial charge in [-0.05, 0) is 37.1 Å². The summed E-state index contributed by atoms with van der Waals surface area (Å²) in [5.74, 6) is -0.548. The number of nitrogens with zero attached hydrogens (tertiary/aromatic N) is 6. The maximum Gasteiger partial charge on any atom is 0.451 e. The van der Waals surface area contributed by atoms with Crippen LogP contribution in [0, 0.1) is 0 Å². The predicted molar refractivity (Wildman–Crippen MR) is 143 cm³/mol. The number of hydrogen-bond donors (Lipinski definition) is 1. The van der Waals surface area contributed by atoms with E-state index in [-0.39, 0.29) is 12.5 Å². The zero-order chi connectivity index (χ0) is 27.7. The van der Waals surface area contributed by atoms with E-state index in [1.807, 2.05) is 24.3 Å². The molecule has 40 heavy (non-hydrogen) atoms. The van der Waals surface area contributed by atoms with Crippen molar-refractivity contribution in [2.75, 3.05) is 63.9 Å². The molecule has 6 rings (SSSR count). The van der Waals surface area contributed by atoms with Gasteiger partial charge in [-0.1, -0.05) is 6.07 Å². The fourth-order valence-corrected chi connectivity index (χ4v) is 5.56. The number of hydrogen-bond acceptors (Lipinski definition) is 8. The Balaban J connectivity index is 1.17. The summed E-state index contributed by atoms with van der Waals surface area (Å²) in [6, 6.07) is 9.78. The van der Waals surface area contributed by atoms with Gasteiger partial charge in [-0.15, -0.1) is 0 Å². The van der Waals surface area contributed by atoms with E-state index < -0.39 is 18.0 Å². The lowest BCUT2D eigenvalue weighted by Crippen LogP contribution is -2.47. The third-order valence-corrected chi connectivity index (χ3v) is 7.92. The average Bonchev–Trinajstić information content (AvgIpc) is 3.83. The molecule has 1 amide bonds. The molecule has 4 heterocycles. The molecule has 3 aromatic rings. The second kappa shape index (κ2) is 11.3. The van der Waals surface area contributed by atoms with Crippen LogP contribution in [0.5, 0.6) is 0 Å². The molecule has 1 saturated carbocycles.